The van der Waals surface area contributed by atoms with Crippen molar-refractivity contribution in [1.29, 1.82) is 0 Å². The molecule has 5 atom stereocenters. The van der Waals surface area contributed by atoms with Gasteiger partial charge >= 0.3 is 17.9 Å². The number of thioether (sulfide) groups is 1. The fraction of sp³-hybridized carbons (Fsp3) is 0.440. The molecule has 0 aliphatic carbocycles. The van der Waals surface area contributed by atoms with Crippen molar-refractivity contribution in [2.75, 3.05) is 6.61 Å². The summed E-state index contributed by atoms with van der Waals surface area (Å²) in [7, 11) is 0. The van der Waals surface area contributed by atoms with Crippen LogP contribution in [-0.2, 0) is 44.7 Å². The van der Waals surface area contributed by atoms with E-state index in [2.05, 4.69) is 22.1 Å². The number of carbonyl (C=O) groups is 4. The first-order valence-corrected chi connectivity index (χ1v) is 12.6. The number of hydrogen-bond donors (Lipinski definition) is 1. The van der Waals surface area contributed by atoms with Crippen LogP contribution in [0.25, 0.3) is 11.4 Å². The summed E-state index contributed by atoms with van der Waals surface area (Å²) in [4.78, 5) is 47.7. The molecule has 1 aromatic heterocycles. The molecule has 12 nitrogen and oxygen atoms in total. The number of benzene rings is 1. The van der Waals surface area contributed by atoms with Gasteiger partial charge in [0.15, 0.2) is 23.2 Å². The smallest absolute Gasteiger partial charge is 0.303 e. The van der Waals surface area contributed by atoms with Crippen LogP contribution < -0.4 is 5.32 Å². The number of esters is 3. The summed E-state index contributed by atoms with van der Waals surface area (Å²) in [5, 5.41) is 11.8. The second kappa shape index (κ2) is 13.2. The maximum Gasteiger partial charge on any atom is 0.303 e. The lowest BCUT2D eigenvalue weighted by Gasteiger charge is -2.44. The second-order valence-electron chi connectivity index (χ2n) is 8.41. The SMILES string of the molecule is C=CCn1c(SC2OC(COC(C)=O)C(OC(C)=O)C(OC(C)=O)C2NC(C)=O)nnc1-c1ccccc1. The summed E-state index contributed by atoms with van der Waals surface area (Å²) < 4.78 is 24.2. The fourth-order valence-corrected chi connectivity index (χ4v) is 5.12. The largest absolute Gasteiger partial charge is 0.463 e. The second-order valence-corrected chi connectivity index (χ2v) is 9.47. The number of allylic oxidation sites excluding steroid dienone is 1. The van der Waals surface area contributed by atoms with E-state index in [9.17, 15) is 19.2 Å². The fourth-order valence-electron chi connectivity index (χ4n) is 3.97. The molecular formula is C25H30N4O8S. The van der Waals surface area contributed by atoms with E-state index in [1.807, 2.05) is 34.9 Å². The van der Waals surface area contributed by atoms with Gasteiger partial charge in [-0.25, -0.2) is 0 Å². The van der Waals surface area contributed by atoms with Crippen molar-refractivity contribution in [3.05, 3.63) is 43.0 Å². The third-order valence-electron chi connectivity index (χ3n) is 5.35. The molecule has 1 N–H and O–H groups in total. The van der Waals surface area contributed by atoms with E-state index < -0.39 is 53.6 Å². The van der Waals surface area contributed by atoms with Gasteiger partial charge in [0.25, 0.3) is 0 Å². The van der Waals surface area contributed by atoms with Crippen LogP contribution in [0.4, 0.5) is 0 Å². The van der Waals surface area contributed by atoms with Gasteiger partial charge in [0.2, 0.25) is 5.91 Å². The van der Waals surface area contributed by atoms with Crippen LogP contribution in [0.5, 0.6) is 0 Å². The lowest BCUT2D eigenvalue weighted by atomic mass is 9.97. The zero-order chi connectivity index (χ0) is 27.8. The number of nitrogens with zero attached hydrogens (tertiary/aromatic N) is 3. The van der Waals surface area contributed by atoms with E-state index in [0.29, 0.717) is 17.5 Å². The highest BCUT2D eigenvalue weighted by Crippen LogP contribution is 2.36. The summed E-state index contributed by atoms with van der Waals surface area (Å²) in [6.07, 6.45) is -1.65. The lowest BCUT2D eigenvalue weighted by molar-refractivity contribution is -0.211. The molecule has 0 spiro atoms. The Morgan fingerprint density at radius 1 is 1.03 bits per heavy atom. The third-order valence-corrected chi connectivity index (χ3v) is 6.50. The van der Waals surface area contributed by atoms with Gasteiger partial charge in [-0.15, -0.1) is 16.8 Å². The Bertz CT molecular complexity index is 1170. The van der Waals surface area contributed by atoms with E-state index in [1.54, 1.807) is 6.08 Å². The molecule has 0 saturated carbocycles. The van der Waals surface area contributed by atoms with Crippen LogP contribution in [0.2, 0.25) is 0 Å². The summed E-state index contributed by atoms with van der Waals surface area (Å²) in [6.45, 7) is 8.81. The molecule has 38 heavy (non-hydrogen) atoms. The Morgan fingerprint density at radius 3 is 2.26 bits per heavy atom. The Labute approximate surface area is 224 Å². The third kappa shape index (κ3) is 7.42. The first kappa shape index (κ1) is 28.9. The molecule has 1 fully saturated rings. The number of aromatic nitrogens is 3. The molecular weight excluding hydrogens is 516 g/mol. The van der Waals surface area contributed by atoms with E-state index in [-0.39, 0.29) is 6.61 Å². The van der Waals surface area contributed by atoms with Crippen LogP contribution in [-0.4, -0.2) is 75.0 Å². The van der Waals surface area contributed by atoms with Crippen molar-refractivity contribution in [1.82, 2.24) is 20.1 Å². The highest BCUT2D eigenvalue weighted by molar-refractivity contribution is 7.99. The minimum atomic E-state index is -1.17. The first-order valence-electron chi connectivity index (χ1n) is 11.8. The molecule has 1 aliphatic heterocycles. The predicted octanol–water partition coefficient (Wildman–Crippen LogP) is 1.88. The van der Waals surface area contributed by atoms with Crippen LogP contribution in [0, 0.1) is 0 Å². The van der Waals surface area contributed by atoms with Crippen molar-refractivity contribution in [3.8, 4) is 11.4 Å². The van der Waals surface area contributed by atoms with Gasteiger partial charge in [0.1, 0.15) is 24.2 Å². The van der Waals surface area contributed by atoms with Gasteiger partial charge in [-0.1, -0.05) is 48.2 Å². The van der Waals surface area contributed by atoms with Gasteiger partial charge in [-0.3, -0.25) is 23.7 Å². The quantitative estimate of drug-likeness (QED) is 0.264. The van der Waals surface area contributed by atoms with Crippen molar-refractivity contribution in [3.63, 3.8) is 0 Å². The van der Waals surface area contributed by atoms with Crippen LogP contribution in [0.15, 0.2) is 48.1 Å². The number of hydrogen-bond acceptors (Lipinski definition) is 11. The van der Waals surface area contributed by atoms with Crippen LogP contribution >= 0.6 is 11.8 Å². The molecule has 5 unspecified atom stereocenters. The minimum absolute atomic E-state index is 0.288. The average Bonchev–Trinajstić information content (AvgIpc) is 3.23. The Hall–Kier alpha value is -3.71. The maximum absolute atomic E-state index is 12.2. The summed E-state index contributed by atoms with van der Waals surface area (Å²) in [5.41, 5.74) is -0.0795. The molecule has 2 heterocycles. The minimum Gasteiger partial charge on any atom is -0.463 e. The number of carbonyl (C=O) groups excluding carboxylic acids is 4. The highest BCUT2D eigenvalue weighted by atomic mass is 32.2. The van der Waals surface area contributed by atoms with E-state index in [0.717, 1.165) is 17.3 Å². The number of ether oxygens (including phenoxy) is 4. The zero-order valence-electron chi connectivity index (χ0n) is 21.5. The summed E-state index contributed by atoms with van der Waals surface area (Å²) in [6, 6.07) is 8.47. The van der Waals surface area contributed by atoms with Gasteiger partial charge in [0.05, 0.1) is 0 Å². The van der Waals surface area contributed by atoms with Crippen molar-refractivity contribution >= 4 is 35.6 Å². The number of rotatable bonds is 10. The van der Waals surface area contributed by atoms with Crippen LogP contribution in [0.3, 0.4) is 0 Å². The standard InChI is InChI=1S/C25H30N4O8S/c1-6-12-29-23(18-10-8-7-9-11-18)27-28-25(29)38-24-20(26-14(2)30)22(36-17(5)33)21(35-16(4)32)19(37-24)13-34-15(3)31/h6-11,19-22,24H,1,12-13H2,2-5H3,(H,26,30). The Balaban J connectivity index is 2.04. The molecule has 1 aromatic carbocycles. The normalized spacial score (nSPS) is 22.7. The predicted molar refractivity (Wildman–Crippen MR) is 136 cm³/mol. The van der Waals surface area contributed by atoms with E-state index in [4.69, 9.17) is 18.9 Å². The van der Waals surface area contributed by atoms with Crippen LogP contribution in [0.1, 0.15) is 27.7 Å². The van der Waals surface area contributed by atoms with Gasteiger partial charge < -0.3 is 24.3 Å². The van der Waals surface area contributed by atoms with Gasteiger partial charge in [-0.05, 0) is 0 Å². The Morgan fingerprint density at radius 2 is 1.68 bits per heavy atom. The number of amides is 1. The maximum atomic E-state index is 12.2. The molecule has 13 heteroatoms. The first-order chi connectivity index (χ1) is 18.1. The highest BCUT2D eigenvalue weighted by Gasteiger charge is 2.51. The van der Waals surface area contributed by atoms with E-state index >= 15 is 0 Å². The monoisotopic (exact) mass is 546 g/mol. The van der Waals surface area contributed by atoms with Gasteiger partial charge in [0, 0.05) is 39.8 Å². The van der Waals surface area contributed by atoms with Crippen molar-refractivity contribution in [2.45, 2.75) is 69.2 Å². The summed E-state index contributed by atoms with van der Waals surface area (Å²) in [5.74, 6) is -1.76. The molecule has 3 rings (SSSR count). The molecule has 1 amide bonds. The topological polar surface area (TPSA) is 148 Å². The average molecular weight is 547 g/mol. The summed E-state index contributed by atoms with van der Waals surface area (Å²) >= 11 is 1.12. The van der Waals surface area contributed by atoms with Gasteiger partial charge in [-0.2, -0.15) is 0 Å². The lowest BCUT2D eigenvalue weighted by Crippen LogP contribution is -2.65. The van der Waals surface area contributed by atoms with Crippen molar-refractivity contribution in [2.24, 2.45) is 0 Å². The van der Waals surface area contributed by atoms with Crippen molar-refractivity contribution < 1.29 is 38.1 Å². The molecule has 1 saturated heterocycles. The molecule has 2 aromatic rings. The zero-order valence-corrected chi connectivity index (χ0v) is 22.3. The molecule has 204 valence electrons. The van der Waals surface area contributed by atoms with E-state index in [1.165, 1.54) is 27.7 Å². The Kier molecular flexibility index (Phi) is 10.0. The molecule has 0 radical (unpaired) electrons. The molecule has 1 aliphatic rings. The number of nitrogens with one attached hydrogen (secondary N) is 1. The molecule has 0 bridgehead atoms.